The van der Waals surface area contributed by atoms with Gasteiger partial charge in [-0.15, -0.1) is 11.3 Å². The number of carbonyl (C=O) groups excluding carboxylic acids is 2. The summed E-state index contributed by atoms with van der Waals surface area (Å²) in [6.45, 7) is 1.29. The number of nitrogens with zero attached hydrogens (tertiary/aromatic N) is 1. The molecule has 0 spiro atoms. The van der Waals surface area contributed by atoms with Crippen molar-refractivity contribution in [2.45, 2.75) is 18.9 Å². The lowest BCUT2D eigenvalue weighted by atomic mass is 10.2. The lowest BCUT2D eigenvalue weighted by Crippen LogP contribution is -2.32. The number of nitrogens with one attached hydrogen (secondary N) is 2. The summed E-state index contributed by atoms with van der Waals surface area (Å²) in [7, 11) is 1.60. The minimum atomic E-state index is -0.209. The molecule has 1 fully saturated rings. The van der Waals surface area contributed by atoms with E-state index in [-0.39, 0.29) is 11.8 Å². The zero-order valence-electron chi connectivity index (χ0n) is 17.3. The highest BCUT2D eigenvalue weighted by Crippen LogP contribution is 2.34. The lowest BCUT2D eigenvalue weighted by molar-refractivity contribution is -0.117. The summed E-state index contributed by atoms with van der Waals surface area (Å²) in [5, 5.41) is 7.87. The predicted molar refractivity (Wildman–Crippen MR) is 124 cm³/mol. The number of methoxy groups -OCH3 is 1. The van der Waals surface area contributed by atoms with Gasteiger partial charge in [-0.05, 0) is 79.4 Å². The van der Waals surface area contributed by atoms with E-state index in [9.17, 15) is 9.59 Å². The molecule has 3 aromatic rings. The van der Waals surface area contributed by atoms with Crippen LogP contribution in [0.3, 0.4) is 0 Å². The van der Waals surface area contributed by atoms with Gasteiger partial charge in [0.1, 0.15) is 5.75 Å². The number of benzene rings is 2. The molecule has 0 aliphatic carbocycles. The summed E-state index contributed by atoms with van der Waals surface area (Å²) in [4.78, 5) is 28.6. The van der Waals surface area contributed by atoms with Crippen LogP contribution in [-0.2, 0) is 4.79 Å². The number of anilines is 2. The molecule has 1 aromatic heterocycles. The quantitative estimate of drug-likeness (QED) is 0.560. The van der Waals surface area contributed by atoms with Gasteiger partial charge in [-0.2, -0.15) is 0 Å². The molecule has 2 heterocycles. The molecule has 4 rings (SSSR count). The van der Waals surface area contributed by atoms with Crippen molar-refractivity contribution < 1.29 is 14.3 Å². The average Bonchev–Trinajstić information content (AvgIpc) is 3.46. The van der Waals surface area contributed by atoms with Crippen molar-refractivity contribution in [1.82, 2.24) is 4.90 Å². The molecule has 2 aromatic carbocycles. The molecule has 1 saturated heterocycles. The zero-order chi connectivity index (χ0) is 21.6. The van der Waals surface area contributed by atoms with Gasteiger partial charge in [0.15, 0.2) is 0 Å². The summed E-state index contributed by atoms with van der Waals surface area (Å²) < 4.78 is 5.12. The lowest BCUT2D eigenvalue weighted by Gasteiger charge is -2.22. The summed E-state index contributed by atoms with van der Waals surface area (Å²) in [6.07, 6.45) is 2.19. The molecule has 2 N–H and O–H groups in total. The van der Waals surface area contributed by atoms with Gasteiger partial charge < -0.3 is 15.4 Å². The number of thiophene rings is 1. The highest BCUT2D eigenvalue weighted by atomic mass is 32.1. The number of likely N-dealkylation sites (tertiary alicyclic amines) is 1. The van der Waals surface area contributed by atoms with Gasteiger partial charge in [-0.25, -0.2) is 0 Å². The van der Waals surface area contributed by atoms with Crippen LogP contribution in [0.2, 0.25) is 0 Å². The van der Waals surface area contributed by atoms with Crippen LogP contribution in [0.5, 0.6) is 5.75 Å². The maximum atomic E-state index is 12.6. The minimum absolute atomic E-state index is 0.0427. The molecule has 6 nitrogen and oxygen atoms in total. The second-order valence-corrected chi connectivity index (χ2v) is 8.43. The van der Waals surface area contributed by atoms with Crippen LogP contribution in [0.1, 0.15) is 34.1 Å². The first kappa shape index (κ1) is 21.1. The molecule has 0 bridgehead atoms. The zero-order valence-corrected chi connectivity index (χ0v) is 18.2. The van der Waals surface area contributed by atoms with Crippen LogP contribution in [0.25, 0.3) is 0 Å². The third kappa shape index (κ3) is 5.31. The summed E-state index contributed by atoms with van der Waals surface area (Å²) in [5.41, 5.74) is 1.89. The number of rotatable bonds is 7. The third-order valence-electron chi connectivity index (χ3n) is 5.36. The van der Waals surface area contributed by atoms with E-state index in [1.165, 1.54) is 4.88 Å². The van der Waals surface area contributed by atoms with Gasteiger partial charge in [0.05, 0.1) is 13.7 Å². The predicted octanol–water partition coefficient (Wildman–Crippen LogP) is 4.78. The number of hydrogen-bond donors (Lipinski definition) is 2. The van der Waals surface area contributed by atoms with Gasteiger partial charge in [0.2, 0.25) is 5.91 Å². The van der Waals surface area contributed by atoms with Crippen molar-refractivity contribution in [1.29, 1.82) is 0 Å². The summed E-state index contributed by atoms with van der Waals surface area (Å²) in [6, 6.07) is 18.6. The fourth-order valence-corrected chi connectivity index (χ4v) is 4.68. The first-order chi connectivity index (χ1) is 15.1. The minimum Gasteiger partial charge on any atom is -0.497 e. The second kappa shape index (κ2) is 9.76. The Morgan fingerprint density at radius 1 is 1.03 bits per heavy atom. The molecule has 0 unspecified atom stereocenters. The van der Waals surface area contributed by atoms with E-state index < -0.39 is 0 Å². The van der Waals surface area contributed by atoms with Crippen LogP contribution in [-0.4, -0.2) is 36.9 Å². The summed E-state index contributed by atoms with van der Waals surface area (Å²) >= 11 is 1.74. The Balaban J connectivity index is 1.31. The van der Waals surface area contributed by atoms with Crippen LogP contribution >= 0.6 is 11.3 Å². The Hall–Kier alpha value is -3.16. The molecule has 0 saturated carbocycles. The van der Waals surface area contributed by atoms with E-state index in [1.807, 2.05) is 0 Å². The molecule has 160 valence electrons. The number of ether oxygens (including phenoxy) is 1. The molecule has 1 aliphatic rings. The summed E-state index contributed by atoms with van der Waals surface area (Å²) in [5.74, 6) is 0.478. The van der Waals surface area contributed by atoms with Crippen LogP contribution in [0.15, 0.2) is 66.0 Å². The van der Waals surface area contributed by atoms with E-state index in [0.717, 1.165) is 25.1 Å². The monoisotopic (exact) mass is 435 g/mol. The van der Waals surface area contributed by atoms with Gasteiger partial charge in [0.25, 0.3) is 5.91 Å². The molecular weight excluding hydrogens is 410 g/mol. The van der Waals surface area contributed by atoms with Crippen molar-refractivity contribution in [3.63, 3.8) is 0 Å². The molecule has 31 heavy (non-hydrogen) atoms. The molecule has 1 aliphatic heterocycles. The van der Waals surface area contributed by atoms with Gasteiger partial charge in [-0.3, -0.25) is 14.5 Å². The van der Waals surface area contributed by atoms with E-state index in [4.69, 9.17) is 4.74 Å². The van der Waals surface area contributed by atoms with E-state index >= 15 is 0 Å². The van der Waals surface area contributed by atoms with Crippen molar-refractivity contribution in [3.05, 3.63) is 76.5 Å². The Labute approximate surface area is 185 Å². The van der Waals surface area contributed by atoms with E-state index in [0.29, 0.717) is 29.5 Å². The van der Waals surface area contributed by atoms with Gasteiger partial charge in [0, 0.05) is 27.9 Å². The number of carbonyl (C=O) groups is 2. The highest BCUT2D eigenvalue weighted by molar-refractivity contribution is 7.10. The van der Waals surface area contributed by atoms with Crippen molar-refractivity contribution in [3.8, 4) is 5.75 Å². The maximum absolute atomic E-state index is 12.6. The fourth-order valence-electron chi connectivity index (χ4n) is 3.79. The maximum Gasteiger partial charge on any atom is 0.255 e. The van der Waals surface area contributed by atoms with E-state index in [1.54, 1.807) is 67.0 Å². The molecular formula is C24H25N3O3S. The fraction of sp³-hybridized carbons (Fsp3) is 0.250. The number of amides is 2. The van der Waals surface area contributed by atoms with Crippen molar-refractivity contribution in [2.75, 3.05) is 30.8 Å². The molecule has 0 radical (unpaired) electrons. The molecule has 1 atom stereocenters. The van der Waals surface area contributed by atoms with Crippen molar-refractivity contribution >= 4 is 34.5 Å². The first-order valence-corrected chi connectivity index (χ1v) is 11.1. The third-order valence-corrected chi connectivity index (χ3v) is 6.33. The van der Waals surface area contributed by atoms with Crippen LogP contribution in [0.4, 0.5) is 11.4 Å². The largest absolute Gasteiger partial charge is 0.497 e. The second-order valence-electron chi connectivity index (χ2n) is 7.45. The number of hydrogen-bond acceptors (Lipinski definition) is 5. The Bertz CT molecular complexity index is 1020. The smallest absolute Gasteiger partial charge is 0.255 e. The first-order valence-electron chi connectivity index (χ1n) is 10.2. The molecule has 2 amide bonds. The normalized spacial score (nSPS) is 16.1. The average molecular weight is 436 g/mol. The standard InChI is InChI=1S/C24H25N3O3S/c1-30-20-12-10-19(11-13-20)26-24(29)17-6-8-18(9-7-17)25-23(28)16-27-14-2-4-21(27)22-5-3-15-31-22/h3,5-13,15,21H,2,4,14,16H2,1H3,(H,25,28)(H,26,29)/t21-/m1/s1. The molecule has 7 heteroatoms. The van der Waals surface area contributed by atoms with Crippen LogP contribution in [0, 0.1) is 0 Å². The Morgan fingerprint density at radius 2 is 1.74 bits per heavy atom. The highest BCUT2D eigenvalue weighted by Gasteiger charge is 2.28. The van der Waals surface area contributed by atoms with Crippen LogP contribution < -0.4 is 15.4 Å². The van der Waals surface area contributed by atoms with E-state index in [2.05, 4.69) is 33.0 Å². The van der Waals surface area contributed by atoms with Gasteiger partial charge in [-0.1, -0.05) is 6.07 Å². The van der Waals surface area contributed by atoms with Gasteiger partial charge >= 0.3 is 0 Å². The SMILES string of the molecule is COc1ccc(NC(=O)c2ccc(NC(=O)CN3CCC[C@@H]3c3cccs3)cc2)cc1. The topological polar surface area (TPSA) is 70.7 Å². The Kier molecular flexibility index (Phi) is 6.64. The Morgan fingerprint density at radius 3 is 2.42 bits per heavy atom. The van der Waals surface area contributed by atoms with Crippen molar-refractivity contribution in [2.24, 2.45) is 0 Å².